The van der Waals surface area contributed by atoms with E-state index in [4.69, 9.17) is 9.15 Å². The molecule has 4 aromatic rings. The molecule has 214 valence electrons. The van der Waals surface area contributed by atoms with Crippen LogP contribution in [0.25, 0.3) is 17.4 Å². The van der Waals surface area contributed by atoms with E-state index in [-0.39, 0.29) is 28.1 Å². The lowest BCUT2D eigenvalue weighted by atomic mass is 9.94. The summed E-state index contributed by atoms with van der Waals surface area (Å²) < 4.78 is 12.8. The van der Waals surface area contributed by atoms with Crippen LogP contribution in [0.4, 0.5) is 11.4 Å². The summed E-state index contributed by atoms with van der Waals surface area (Å²) in [7, 11) is 0. The Labute approximate surface area is 241 Å². The number of nitro benzene ring substituents is 2. The zero-order chi connectivity index (χ0) is 30.3. The number of hydrogen-bond donors (Lipinski definition) is 0. The molecule has 42 heavy (non-hydrogen) atoms. The van der Waals surface area contributed by atoms with E-state index >= 15 is 0 Å². The largest absolute Gasteiger partial charge is 0.463 e. The Morgan fingerprint density at radius 1 is 1.07 bits per heavy atom. The second kappa shape index (κ2) is 11.0. The Hall–Kier alpha value is -5.17. The molecule has 1 aliphatic heterocycles. The second-order valence-electron chi connectivity index (χ2n) is 9.56. The van der Waals surface area contributed by atoms with E-state index in [0.29, 0.717) is 38.7 Å². The van der Waals surface area contributed by atoms with E-state index < -0.39 is 27.4 Å². The van der Waals surface area contributed by atoms with Gasteiger partial charge in [0.05, 0.1) is 38.3 Å². The van der Waals surface area contributed by atoms with Gasteiger partial charge >= 0.3 is 5.97 Å². The van der Waals surface area contributed by atoms with Crippen molar-refractivity contribution in [2.75, 3.05) is 6.61 Å². The standard InChI is InChI=1S/C29H24N4O8S/c1-5-40-28(35)25-17(4)30-29-31(26(25)18-8-6-16(3)22(12-18)33(38)39)27(34)24(42-29)14-20-10-11-23(41-20)21-13-19(32(36)37)9-7-15(21)2/h6-14,26H,5H2,1-4H3/b24-14+/t26-/m1/s1. The van der Waals surface area contributed by atoms with Crippen LogP contribution in [0.1, 0.15) is 42.3 Å². The number of nitrogens with zero attached hydrogens (tertiary/aromatic N) is 4. The molecule has 0 bridgehead atoms. The van der Waals surface area contributed by atoms with Crippen molar-refractivity contribution < 1.29 is 23.8 Å². The van der Waals surface area contributed by atoms with Gasteiger partial charge in [0, 0.05) is 35.4 Å². The van der Waals surface area contributed by atoms with Crippen LogP contribution in [0.3, 0.4) is 0 Å². The molecule has 0 spiro atoms. The number of esters is 1. The van der Waals surface area contributed by atoms with Crippen LogP contribution in [0, 0.1) is 34.1 Å². The highest BCUT2D eigenvalue weighted by Crippen LogP contribution is 2.34. The third-order valence-electron chi connectivity index (χ3n) is 6.86. The third-order valence-corrected chi connectivity index (χ3v) is 7.84. The van der Waals surface area contributed by atoms with Gasteiger partial charge in [0.25, 0.3) is 16.9 Å². The van der Waals surface area contributed by atoms with Crippen molar-refractivity contribution in [3.8, 4) is 11.3 Å². The molecule has 3 heterocycles. The zero-order valence-electron chi connectivity index (χ0n) is 22.9. The van der Waals surface area contributed by atoms with E-state index in [9.17, 15) is 29.8 Å². The number of carbonyl (C=O) groups excluding carboxylic acids is 1. The summed E-state index contributed by atoms with van der Waals surface area (Å²) in [4.78, 5) is 53.7. The van der Waals surface area contributed by atoms with E-state index in [1.165, 1.54) is 28.8 Å². The van der Waals surface area contributed by atoms with Gasteiger partial charge in [-0.3, -0.25) is 29.6 Å². The van der Waals surface area contributed by atoms with Gasteiger partial charge in [-0.2, -0.15) is 0 Å². The molecule has 0 fully saturated rings. The number of non-ortho nitro benzene ring substituents is 1. The normalized spacial score (nSPS) is 14.9. The molecular weight excluding hydrogens is 564 g/mol. The first kappa shape index (κ1) is 28.4. The molecule has 0 saturated carbocycles. The number of ether oxygens (including phenoxy) is 1. The molecule has 0 radical (unpaired) electrons. The Morgan fingerprint density at radius 3 is 2.50 bits per heavy atom. The number of fused-ring (bicyclic) bond motifs is 1. The van der Waals surface area contributed by atoms with Crippen molar-refractivity contribution in [2.45, 2.75) is 33.7 Å². The maximum atomic E-state index is 13.8. The summed E-state index contributed by atoms with van der Waals surface area (Å²) >= 11 is 1.07. The number of hydrogen-bond acceptors (Lipinski definition) is 10. The topological polar surface area (TPSA) is 160 Å². The molecule has 13 heteroatoms. The minimum absolute atomic E-state index is 0.0778. The smallest absolute Gasteiger partial charge is 0.338 e. The van der Waals surface area contributed by atoms with Crippen molar-refractivity contribution >= 4 is 34.8 Å². The molecule has 0 N–H and O–H groups in total. The number of furan rings is 1. The quantitative estimate of drug-likeness (QED) is 0.173. The summed E-state index contributed by atoms with van der Waals surface area (Å²) in [6, 6.07) is 11.3. The number of thiazole rings is 1. The molecule has 0 amide bonds. The number of carbonyl (C=O) groups is 1. The van der Waals surface area contributed by atoms with Crippen molar-refractivity contribution in [3.05, 3.63) is 122 Å². The summed E-state index contributed by atoms with van der Waals surface area (Å²) in [5.74, 6) is 0.0368. The van der Waals surface area contributed by atoms with Crippen LogP contribution in [0.2, 0.25) is 0 Å². The number of nitro groups is 2. The monoisotopic (exact) mass is 588 g/mol. The first-order valence-electron chi connectivity index (χ1n) is 12.8. The Kier molecular flexibility index (Phi) is 7.44. The molecule has 2 aromatic heterocycles. The highest BCUT2D eigenvalue weighted by atomic mass is 32.1. The van der Waals surface area contributed by atoms with Gasteiger partial charge in [-0.25, -0.2) is 9.79 Å². The molecule has 2 aromatic carbocycles. The lowest BCUT2D eigenvalue weighted by Gasteiger charge is -2.24. The van der Waals surface area contributed by atoms with Crippen molar-refractivity contribution in [3.63, 3.8) is 0 Å². The number of aromatic nitrogens is 1. The minimum atomic E-state index is -1.01. The summed E-state index contributed by atoms with van der Waals surface area (Å²) in [6.45, 7) is 6.78. The van der Waals surface area contributed by atoms with Crippen LogP contribution >= 0.6 is 11.3 Å². The fourth-order valence-corrected chi connectivity index (χ4v) is 5.82. The lowest BCUT2D eigenvalue weighted by Crippen LogP contribution is -2.40. The van der Waals surface area contributed by atoms with Gasteiger partial charge in [-0.15, -0.1) is 0 Å². The highest BCUT2D eigenvalue weighted by molar-refractivity contribution is 7.07. The minimum Gasteiger partial charge on any atom is -0.463 e. The zero-order valence-corrected chi connectivity index (χ0v) is 23.8. The van der Waals surface area contributed by atoms with Crippen LogP contribution in [-0.2, 0) is 9.53 Å². The highest BCUT2D eigenvalue weighted by Gasteiger charge is 2.34. The van der Waals surface area contributed by atoms with Crippen molar-refractivity contribution in [2.24, 2.45) is 4.99 Å². The second-order valence-corrected chi connectivity index (χ2v) is 10.6. The summed E-state index contributed by atoms with van der Waals surface area (Å²) in [5.41, 5.74) is 1.84. The van der Waals surface area contributed by atoms with E-state index in [0.717, 1.165) is 16.9 Å². The molecule has 12 nitrogen and oxygen atoms in total. The van der Waals surface area contributed by atoms with Gasteiger partial charge in [-0.05, 0) is 51.0 Å². The predicted octanol–water partition coefficient (Wildman–Crippen LogP) is 4.49. The summed E-state index contributed by atoms with van der Waals surface area (Å²) in [5, 5.41) is 23.0. The molecule has 1 atom stereocenters. The van der Waals surface area contributed by atoms with Crippen molar-refractivity contribution in [1.29, 1.82) is 0 Å². The first-order valence-corrected chi connectivity index (χ1v) is 13.6. The Balaban J connectivity index is 1.66. The van der Waals surface area contributed by atoms with E-state index in [1.54, 1.807) is 58.0 Å². The number of benzene rings is 2. The SMILES string of the molecule is CCOC(=O)C1=C(C)N=c2s/c(=C/c3ccc(-c4cc([N+](=O)[O-])ccc4C)o3)c(=O)n2[C@@H]1c1ccc(C)c([N+](=O)[O-])c1. The average molecular weight is 589 g/mol. The van der Waals surface area contributed by atoms with Crippen LogP contribution in [-0.4, -0.2) is 27.0 Å². The fourth-order valence-electron chi connectivity index (χ4n) is 4.79. The maximum Gasteiger partial charge on any atom is 0.338 e. The molecule has 0 unspecified atom stereocenters. The molecule has 5 rings (SSSR count). The van der Waals surface area contributed by atoms with Crippen molar-refractivity contribution in [1.82, 2.24) is 4.57 Å². The number of rotatable bonds is 7. The van der Waals surface area contributed by atoms with Gasteiger partial charge in [0.1, 0.15) is 11.5 Å². The third kappa shape index (κ3) is 5.05. The van der Waals surface area contributed by atoms with Crippen LogP contribution in [0.5, 0.6) is 0 Å². The van der Waals surface area contributed by atoms with E-state index in [2.05, 4.69) is 4.99 Å². The average Bonchev–Trinajstić information content (AvgIpc) is 3.52. The molecule has 0 saturated heterocycles. The maximum absolute atomic E-state index is 13.8. The molecule has 1 aliphatic rings. The number of aryl methyl sites for hydroxylation is 2. The Morgan fingerprint density at radius 2 is 1.81 bits per heavy atom. The fraction of sp³-hybridized carbons (Fsp3) is 0.207. The van der Waals surface area contributed by atoms with Gasteiger partial charge in [0.2, 0.25) is 0 Å². The first-order chi connectivity index (χ1) is 20.0. The van der Waals surface area contributed by atoms with Gasteiger partial charge in [0.15, 0.2) is 4.80 Å². The van der Waals surface area contributed by atoms with E-state index in [1.807, 2.05) is 0 Å². The predicted molar refractivity (Wildman–Crippen MR) is 154 cm³/mol. The molecule has 0 aliphatic carbocycles. The summed E-state index contributed by atoms with van der Waals surface area (Å²) in [6.07, 6.45) is 1.53. The Bertz CT molecular complexity index is 2000. The van der Waals surface area contributed by atoms with Gasteiger partial charge in [-0.1, -0.05) is 29.5 Å². The van der Waals surface area contributed by atoms with Crippen LogP contribution < -0.4 is 14.9 Å². The van der Waals surface area contributed by atoms with Gasteiger partial charge < -0.3 is 9.15 Å². The lowest BCUT2D eigenvalue weighted by molar-refractivity contribution is -0.385. The number of allylic oxidation sites excluding steroid dienone is 1. The molecular formula is C29H24N4O8S. The van der Waals surface area contributed by atoms with Crippen LogP contribution in [0.15, 0.2) is 74.0 Å².